The third-order valence-corrected chi connectivity index (χ3v) is 3.92. The van der Waals surface area contributed by atoms with E-state index in [9.17, 15) is 0 Å². The maximum absolute atomic E-state index is 9.14. The summed E-state index contributed by atoms with van der Waals surface area (Å²) in [5, 5.41) is 17.4. The zero-order chi connectivity index (χ0) is 10.4. The number of hydrogen-bond acceptors (Lipinski definition) is 3. The van der Waals surface area contributed by atoms with Crippen molar-refractivity contribution in [1.29, 1.82) is 0 Å². The molecule has 1 aromatic rings. The molecule has 0 bridgehead atoms. The lowest BCUT2D eigenvalue weighted by Gasteiger charge is -2.12. The minimum absolute atomic E-state index is 0.000414. The Morgan fingerprint density at radius 1 is 1.27 bits per heavy atom. The van der Waals surface area contributed by atoms with Gasteiger partial charge in [-0.3, -0.25) is 0 Å². The first kappa shape index (κ1) is 9.33. The van der Waals surface area contributed by atoms with E-state index in [0.717, 1.165) is 24.2 Å². The maximum Gasteiger partial charge on any atom is 0.158 e. The van der Waals surface area contributed by atoms with Crippen molar-refractivity contribution in [3.8, 4) is 0 Å². The number of hydrogen-bond donors (Lipinski definition) is 1. The lowest BCUT2D eigenvalue weighted by Crippen LogP contribution is -2.09. The summed E-state index contributed by atoms with van der Waals surface area (Å²) in [6.07, 6.45) is 4.01. The van der Waals surface area contributed by atoms with Gasteiger partial charge in [0.15, 0.2) is 5.82 Å². The van der Waals surface area contributed by atoms with Gasteiger partial charge >= 0.3 is 0 Å². The molecule has 0 radical (unpaired) electrons. The van der Waals surface area contributed by atoms with Gasteiger partial charge in [0.2, 0.25) is 0 Å². The number of aliphatic hydroxyl groups is 1. The van der Waals surface area contributed by atoms with E-state index in [1.165, 1.54) is 19.3 Å². The van der Waals surface area contributed by atoms with Gasteiger partial charge in [-0.15, -0.1) is 10.2 Å². The standard InChI is InChI=1S/C11H17N3O/c1-2-14-10(6-15)12-13-11(14)9-4-7-3-8(7)5-9/h7-9,15H,2-6H2,1H3. The first-order valence-corrected chi connectivity index (χ1v) is 5.86. The van der Waals surface area contributed by atoms with Gasteiger partial charge in [0.05, 0.1) is 0 Å². The highest BCUT2D eigenvalue weighted by atomic mass is 16.3. The van der Waals surface area contributed by atoms with Gasteiger partial charge < -0.3 is 9.67 Å². The van der Waals surface area contributed by atoms with Crippen LogP contribution in [0.5, 0.6) is 0 Å². The first-order chi connectivity index (χ1) is 7.33. The summed E-state index contributed by atoms with van der Waals surface area (Å²) in [5.74, 6) is 4.35. The van der Waals surface area contributed by atoms with Crippen molar-refractivity contribution < 1.29 is 5.11 Å². The summed E-state index contributed by atoms with van der Waals surface area (Å²) in [6, 6.07) is 0. The van der Waals surface area contributed by atoms with Crippen LogP contribution in [0.4, 0.5) is 0 Å². The van der Waals surface area contributed by atoms with Crippen LogP contribution >= 0.6 is 0 Å². The van der Waals surface area contributed by atoms with Gasteiger partial charge in [-0.25, -0.2) is 0 Å². The maximum atomic E-state index is 9.14. The molecule has 1 aromatic heterocycles. The van der Waals surface area contributed by atoms with E-state index in [-0.39, 0.29) is 6.61 Å². The van der Waals surface area contributed by atoms with E-state index in [2.05, 4.69) is 21.7 Å². The number of aromatic nitrogens is 3. The summed E-state index contributed by atoms with van der Waals surface area (Å²) in [6.45, 7) is 2.95. The Labute approximate surface area is 89.3 Å². The zero-order valence-electron chi connectivity index (χ0n) is 9.06. The van der Waals surface area contributed by atoms with Crippen LogP contribution in [0.2, 0.25) is 0 Å². The van der Waals surface area contributed by atoms with Crippen molar-refractivity contribution in [2.24, 2.45) is 11.8 Å². The number of aliphatic hydroxyl groups excluding tert-OH is 1. The average Bonchev–Trinajstić information content (AvgIpc) is 2.75. The van der Waals surface area contributed by atoms with Crippen molar-refractivity contribution in [1.82, 2.24) is 14.8 Å². The molecule has 4 nitrogen and oxygen atoms in total. The van der Waals surface area contributed by atoms with E-state index in [0.29, 0.717) is 11.7 Å². The minimum Gasteiger partial charge on any atom is -0.388 e. The van der Waals surface area contributed by atoms with Crippen LogP contribution in [0.15, 0.2) is 0 Å². The van der Waals surface area contributed by atoms with Crippen LogP contribution in [0.1, 0.15) is 43.8 Å². The summed E-state index contributed by atoms with van der Waals surface area (Å²) in [5.41, 5.74) is 0. The third-order valence-electron chi connectivity index (χ3n) is 3.92. The molecule has 2 atom stereocenters. The summed E-state index contributed by atoms with van der Waals surface area (Å²) < 4.78 is 2.08. The average molecular weight is 207 g/mol. The molecule has 0 aliphatic heterocycles. The summed E-state index contributed by atoms with van der Waals surface area (Å²) >= 11 is 0. The monoisotopic (exact) mass is 207 g/mol. The highest BCUT2D eigenvalue weighted by Crippen LogP contribution is 2.57. The lowest BCUT2D eigenvalue weighted by molar-refractivity contribution is 0.264. The normalized spacial score (nSPS) is 33.1. The Balaban J connectivity index is 1.87. The van der Waals surface area contributed by atoms with Gasteiger partial charge in [-0.1, -0.05) is 0 Å². The predicted octanol–water partition coefficient (Wildman–Crippen LogP) is 1.30. The molecule has 1 N–H and O–H groups in total. The van der Waals surface area contributed by atoms with Crippen molar-refractivity contribution in [2.45, 2.75) is 45.3 Å². The Kier molecular flexibility index (Phi) is 2.06. The Morgan fingerprint density at radius 2 is 2.00 bits per heavy atom. The number of fused-ring (bicyclic) bond motifs is 1. The van der Waals surface area contributed by atoms with Gasteiger partial charge in [0, 0.05) is 12.5 Å². The Hall–Kier alpha value is -0.900. The molecule has 1 heterocycles. The molecule has 2 aliphatic rings. The third kappa shape index (κ3) is 1.39. The molecule has 2 saturated carbocycles. The highest BCUT2D eigenvalue weighted by molar-refractivity contribution is 5.10. The van der Waals surface area contributed by atoms with Gasteiger partial charge in [0.25, 0.3) is 0 Å². The van der Waals surface area contributed by atoms with Crippen LogP contribution in [0, 0.1) is 11.8 Å². The fourth-order valence-electron chi connectivity index (χ4n) is 3.04. The van der Waals surface area contributed by atoms with Crippen molar-refractivity contribution in [2.75, 3.05) is 0 Å². The predicted molar refractivity (Wildman–Crippen MR) is 55.2 cm³/mol. The molecule has 82 valence electrons. The second kappa shape index (κ2) is 3.30. The summed E-state index contributed by atoms with van der Waals surface area (Å²) in [4.78, 5) is 0. The van der Waals surface area contributed by atoms with Crippen molar-refractivity contribution >= 4 is 0 Å². The molecule has 0 aromatic carbocycles. The fraction of sp³-hybridized carbons (Fsp3) is 0.818. The van der Waals surface area contributed by atoms with Crippen LogP contribution in [0.25, 0.3) is 0 Å². The number of rotatable bonds is 3. The second-order valence-corrected chi connectivity index (χ2v) is 4.80. The quantitative estimate of drug-likeness (QED) is 0.813. The topological polar surface area (TPSA) is 50.9 Å². The van der Waals surface area contributed by atoms with E-state index in [1.807, 2.05) is 0 Å². The SMILES string of the molecule is CCn1c(CO)nnc1C1CC2CC2C1. The molecule has 0 amide bonds. The smallest absolute Gasteiger partial charge is 0.158 e. The summed E-state index contributed by atoms with van der Waals surface area (Å²) in [7, 11) is 0. The van der Waals surface area contributed by atoms with Crippen LogP contribution in [-0.2, 0) is 13.2 Å². The van der Waals surface area contributed by atoms with Crippen molar-refractivity contribution in [3.05, 3.63) is 11.6 Å². The molecule has 0 saturated heterocycles. The molecular weight excluding hydrogens is 190 g/mol. The molecule has 3 rings (SSSR count). The van der Waals surface area contributed by atoms with Crippen LogP contribution < -0.4 is 0 Å². The fourth-order valence-corrected chi connectivity index (χ4v) is 3.04. The number of nitrogens with zero attached hydrogens (tertiary/aromatic N) is 3. The van der Waals surface area contributed by atoms with Crippen molar-refractivity contribution in [3.63, 3.8) is 0 Å². The Bertz CT molecular complexity index is 364. The van der Waals surface area contributed by atoms with E-state index < -0.39 is 0 Å². The largest absolute Gasteiger partial charge is 0.388 e. The highest BCUT2D eigenvalue weighted by Gasteiger charge is 2.47. The molecular formula is C11H17N3O. The van der Waals surface area contributed by atoms with Gasteiger partial charge in [0.1, 0.15) is 12.4 Å². The lowest BCUT2D eigenvalue weighted by atomic mass is 10.0. The zero-order valence-corrected chi connectivity index (χ0v) is 9.06. The molecule has 2 aliphatic carbocycles. The van der Waals surface area contributed by atoms with Crippen LogP contribution in [-0.4, -0.2) is 19.9 Å². The van der Waals surface area contributed by atoms with E-state index in [4.69, 9.17) is 5.11 Å². The molecule has 15 heavy (non-hydrogen) atoms. The van der Waals surface area contributed by atoms with Gasteiger partial charge in [-0.05, 0) is 38.0 Å². The molecule has 2 fully saturated rings. The Morgan fingerprint density at radius 3 is 2.60 bits per heavy atom. The van der Waals surface area contributed by atoms with Crippen LogP contribution in [0.3, 0.4) is 0 Å². The van der Waals surface area contributed by atoms with Gasteiger partial charge in [-0.2, -0.15) is 0 Å². The minimum atomic E-state index is 0.000414. The molecule has 0 spiro atoms. The van der Waals surface area contributed by atoms with E-state index in [1.54, 1.807) is 0 Å². The van der Waals surface area contributed by atoms with E-state index >= 15 is 0 Å². The first-order valence-electron chi connectivity index (χ1n) is 5.86. The molecule has 2 unspecified atom stereocenters. The second-order valence-electron chi connectivity index (χ2n) is 4.80. The molecule has 4 heteroatoms.